The van der Waals surface area contributed by atoms with Crippen molar-refractivity contribution in [2.45, 2.75) is 19.9 Å². The van der Waals surface area contributed by atoms with Gasteiger partial charge in [0.05, 0.1) is 0 Å². The summed E-state index contributed by atoms with van der Waals surface area (Å²) >= 11 is 0. The van der Waals surface area contributed by atoms with Crippen molar-refractivity contribution in [3.8, 4) is 0 Å². The van der Waals surface area contributed by atoms with E-state index in [0.717, 1.165) is 17.7 Å². The van der Waals surface area contributed by atoms with Gasteiger partial charge in [-0.3, -0.25) is 9.59 Å². The summed E-state index contributed by atoms with van der Waals surface area (Å²) in [5.41, 5.74) is 1.14. The van der Waals surface area contributed by atoms with Gasteiger partial charge in [-0.25, -0.2) is 8.78 Å². The van der Waals surface area contributed by atoms with Gasteiger partial charge >= 0.3 is 0 Å². The lowest BCUT2D eigenvalue weighted by Gasteiger charge is -2.21. The third-order valence-electron chi connectivity index (χ3n) is 3.47. The topological polar surface area (TPSA) is 49.4 Å². The van der Waals surface area contributed by atoms with Gasteiger partial charge in [0, 0.05) is 38.2 Å². The third-order valence-corrected chi connectivity index (χ3v) is 3.47. The number of hydrogen-bond acceptors (Lipinski definition) is 2. The molecule has 0 atom stereocenters. The molecule has 0 fully saturated rings. The molecule has 0 heterocycles. The van der Waals surface area contributed by atoms with Crippen molar-refractivity contribution in [1.29, 1.82) is 0 Å². The van der Waals surface area contributed by atoms with E-state index in [4.69, 9.17) is 0 Å². The molecule has 0 spiro atoms. The molecular formula is C18H18F2N2O2. The molecule has 0 aliphatic carbocycles. The van der Waals surface area contributed by atoms with E-state index in [1.165, 1.54) is 13.0 Å². The second-order valence-corrected chi connectivity index (χ2v) is 5.35. The molecule has 0 saturated carbocycles. The Hall–Kier alpha value is -2.76. The van der Waals surface area contributed by atoms with Crippen molar-refractivity contribution < 1.29 is 18.4 Å². The van der Waals surface area contributed by atoms with E-state index in [-0.39, 0.29) is 30.5 Å². The molecular weight excluding hydrogens is 314 g/mol. The van der Waals surface area contributed by atoms with E-state index in [2.05, 4.69) is 5.32 Å². The van der Waals surface area contributed by atoms with Crippen LogP contribution in [0, 0.1) is 11.6 Å². The van der Waals surface area contributed by atoms with Crippen LogP contribution < -0.4 is 5.32 Å². The molecule has 2 aromatic rings. The monoisotopic (exact) mass is 332 g/mol. The summed E-state index contributed by atoms with van der Waals surface area (Å²) in [5, 5.41) is 2.48. The molecule has 0 unspecified atom stereocenters. The Kier molecular flexibility index (Phi) is 6.01. The predicted molar refractivity (Wildman–Crippen MR) is 87.1 cm³/mol. The van der Waals surface area contributed by atoms with E-state index in [1.807, 2.05) is 30.3 Å². The lowest BCUT2D eigenvalue weighted by molar-refractivity contribution is -0.129. The zero-order valence-corrected chi connectivity index (χ0v) is 13.3. The number of anilines is 1. The number of halogens is 2. The maximum Gasteiger partial charge on any atom is 0.226 e. The number of carbonyl (C=O) groups excluding carboxylic acids is 2. The maximum absolute atomic E-state index is 13.1. The average Bonchev–Trinajstić information content (AvgIpc) is 2.55. The Morgan fingerprint density at radius 1 is 1.04 bits per heavy atom. The first-order valence-corrected chi connectivity index (χ1v) is 7.50. The van der Waals surface area contributed by atoms with E-state index >= 15 is 0 Å². The zero-order valence-electron chi connectivity index (χ0n) is 13.3. The molecule has 126 valence electrons. The van der Waals surface area contributed by atoms with Crippen LogP contribution in [0.3, 0.4) is 0 Å². The van der Waals surface area contributed by atoms with Crippen molar-refractivity contribution in [3.05, 3.63) is 65.7 Å². The minimum atomic E-state index is -1.03. The fourth-order valence-corrected chi connectivity index (χ4v) is 2.19. The van der Waals surface area contributed by atoms with Gasteiger partial charge in [-0.05, 0) is 17.7 Å². The summed E-state index contributed by atoms with van der Waals surface area (Å²) in [6, 6.07) is 12.6. The Bertz CT molecular complexity index is 720. The van der Waals surface area contributed by atoms with Gasteiger partial charge in [0.25, 0.3) is 0 Å². The van der Waals surface area contributed by atoms with E-state index in [0.29, 0.717) is 6.54 Å². The van der Waals surface area contributed by atoms with Crippen molar-refractivity contribution in [3.63, 3.8) is 0 Å². The molecule has 2 aromatic carbocycles. The zero-order chi connectivity index (χ0) is 17.5. The fraction of sp³-hybridized carbons (Fsp3) is 0.222. The van der Waals surface area contributed by atoms with Crippen molar-refractivity contribution in [2.24, 2.45) is 0 Å². The smallest absolute Gasteiger partial charge is 0.226 e. The first kappa shape index (κ1) is 17.6. The Morgan fingerprint density at radius 2 is 1.75 bits per heavy atom. The SMILES string of the molecule is CC(=O)N(CCC(=O)Nc1ccc(F)c(F)c1)Cc1ccccc1. The van der Waals surface area contributed by atoms with Crippen LogP contribution >= 0.6 is 0 Å². The molecule has 0 saturated heterocycles. The Balaban J connectivity index is 1.90. The number of amides is 2. The van der Waals surface area contributed by atoms with Gasteiger partial charge in [0.15, 0.2) is 11.6 Å². The highest BCUT2D eigenvalue weighted by Gasteiger charge is 2.12. The van der Waals surface area contributed by atoms with E-state index in [1.54, 1.807) is 4.90 Å². The third kappa shape index (κ3) is 5.15. The molecule has 2 amide bonds. The number of hydrogen-bond donors (Lipinski definition) is 1. The molecule has 1 N–H and O–H groups in total. The van der Waals surface area contributed by atoms with Gasteiger partial charge in [0.1, 0.15) is 0 Å². The summed E-state index contributed by atoms with van der Waals surface area (Å²) in [5.74, 6) is -2.51. The number of benzene rings is 2. The highest BCUT2D eigenvalue weighted by Crippen LogP contribution is 2.13. The lowest BCUT2D eigenvalue weighted by Crippen LogP contribution is -2.31. The summed E-state index contributed by atoms with van der Waals surface area (Å²) in [4.78, 5) is 25.2. The number of nitrogens with one attached hydrogen (secondary N) is 1. The van der Waals surface area contributed by atoms with E-state index in [9.17, 15) is 18.4 Å². The second-order valence-electron chi connectivity index (χ2n) is 5.35. The largest absolute Gasteiger partial charge is 0.338 e. The highest BCUT2D eigenvalue weighted by atomic mass is 19.2. The number of rotatable bonds is 6. The molecule has 0 aliphatic rings. The van der Waals surface area contributed by atoms with Gasteiger partial charge in [-0.1, -0.05) is 30.3 Å². The summed E-state index contributed by atoms with van der Waals surface area (Å²) in [7, 11) is 0. The summed E-state index contributed by atoms with van der Waals surface area (Å²) in [6.07, 6.45) is 0.0609. The number of nitrogens with zero attached hydrogens (tertiary/aromatic N) is 1. The molecule has 0 radical (unpaired) electrons. The molecule has 24 heavy (non-hydrogen) atoms. The van der Waals surface area contributed by atoms with Crippen molar-refractivity contribution in [2.75, 3.05) is 11.9 Å². The standard InChI is InChI=1S/C18H18F2N2O2/c1-13(23)22(12-14-5-3-2-4-6-14)10-9-18(24)21-15-7-8-16(19)17(20)11-15/h2-8,11H,9-10,12H2,1H3,(H,21,24). The lowest BCUT2D eigenvalue weighted by atomic mass is 10.2. The maximum atomic E-state index is 13.1. The second kappa shape index (κ2) is 8.19. The van der Waals surface area contributed by atoms with Crippen LogP contribution in [-0.4, -0.2) is 23.3 Å². The normalized spacial score (nSPS) is 10.3. The molecule has 0 bridgehead atoms. The van der Waals surface area contributed by atoms with Crippen molar-refractivity contribution >= 4 is 17.5 Å². The average molecular weight is 332 g/mol. The molecule has 6 heteroatoms. The number of carbonyl (C=O) groups is 2. The molecule has 2 rings (SSSR count). The van der Waals surface area contributed by atoms with Gasteiger partial charge < -0.3 is 10.2 Å². The first-order chi connectivity index (χ1) is 11.5. The minimum Gasteiger partial charge on any atom is -0.338 e. The Labute approximate surface area is 139 Å². The summed E-state index contributed by atoms with van der Waals surface area (Å²) < 4.78 is 26.0. The molecule has 0 aromatic heterocycles. The van der Waals surface area contributed by atoms with Crippen LogP contribution in [0.25, 0.3) is 0 Å². The Morgan fingerprint density at radius 3 is 2.38 bits per heavy atom. The molecule has 0 aliphatic heterocycles. The van der Waals surface area contributed by atoms with E-state index < -0.39 is 11.6 Å². The van der Waals surface area contributed by atoms with Crippen LogP contribution in [0.15, 0.2) is 48.5 Å². The first-order valence-electron chi connectivity index (χ1n) is 7.50. The van der Waals surface area contributed by atoms with Crippen LogP contribution in [0.4, 0.5) is 14.5 Å². The quantitative estimate of drug-likeness (QED) is 0.882. The van der Waals surface area contributed by atoms with Crippen LogP contribution in [-0.2, 0) is 16.1 Å². The predicted octanol–water partition coefficient (Wildman–Crippen LogP) is 3.34. The van der Waals surface area contributed by atoms with Gasteiger partial charge in [-0.2, -0.15) is 0 Å². The fourth-order valence-electron chi connectivity index (χ4n) is 2.19. The van der Waals surface area contributed by atoms with Crippen LogP contribution in [0.2, 0.25) is 0 Å². The summed E-state index contributed by atoms with van der Waals surface area (Å²) in [6.45, 7) is 2.09. The minimum absolute atomic E-state index is 0.0609. The van der Waals surface area contributed by atoms with Crippen LogP contribution in [0.5, 0.6) is 0 Å². The van der Waals surface area contributed by atoms with Crippen LogP contribution in [0.1, 0.15) is 18.9 Å². The molecule has 4 nitrogen and oxygen atoms in total. The van der Waals surface area contributed by atoms with Gasteiger partial charge in [-0.15, -0.1) is 0 Å². The van der Waals surface area contributed by atoms with Gasteiger partial charge in [0.2, 0.25) is 11.8 Å². The van der Waals surface area contributed by atoms with Crippen molar-refractivity contribution in [1.82, 2.24) is 4.90 Å². The highest BCUT2D eigenvalue weighted by molar-refractivity contribution is 5.91.